The molecule has 0 rings (SSSR count). The maximum Gasteiger partial charge on any atom is 2.00 e. The largest absolute Gasteiger partial charge is 2.00 e. The molecule has 0 atom stereocenters. The summed E-state index contributed by atoms with van der Waals surface area (Å²) in [5, 5.41) is 0. The molecule has 0 aromatic carbocycles. The van der Waals surface area contributed by atoms with Gasteiger partial charge in [0.2, 0.25) is 0 Å². The summed E-state index contributed by atoms with van der Waals surface area (Å²) in [4.78, 5) is 0. The molecule has 0 aromatic rings. The van der Waals surface area contributed by atoms with Crippen molar-refractivity contribution in [3.8, 4) is 0 Å². The Bertz CT molecular complexity index is 37.5. The normalized spacial score (nSPS) is 6.12. The molecule has 0 amide bonds. The van der Waals surface area contributed by atoms with Crippen molar-refractivity contribution in [2.45, 2.75) is 19.8 Å². The van der Waals surface area contributed by atoms with Crippen molar-refractivity contribution < 1.29 is 17.0 Å². The fraction of sp³-hybridized carbons (Fsp3) is 0.500. The molecule has 0 saturated carbocycles. The van der Waals surface area contributed by atoms with E-state index in [1.165, 1.54) is 6.42 Å². The zero-order chi connectivity index (χ0) is 4.83. The van der Waals surface area contributed by atoms with Crippen LogP contribution in [0.25, 0.3) is 0 Å². The van der Waals surface area contributed by atoms with Crippen molar-refractivity contribution in [1.29, 1.82) is 0 Å². The molecule has 8 heavy (non-hydrogen) atoms. The Hall–Kier alpha value is 0.986. The Morgan fingerprint density at radius 3 is 2.25 bits per heavy atom. The quantitative estimate of drug-likeness (QED) is 0.225. The molecule has 0 fully saturated rings. The van der Waals surface area contributed by atoms with Crippen molar-refractivity contribution in [3.05, 3.63) is 19.1 Å². The van der Waals surface area contributed by atoms with Gasteiger partial charge in [-0.25, -0.2) is 0 Å². The molecule has 0 aliphatic heterocycles. The second-order valence-electron chi connectivity index (χ2n) is 1.27. The number of hydrogen-bond acceptors (Lipinski definition) is 0. The van der Waals surface area contributed by atoms with E-state index < -0.39 is 0 Å². The van der Waals surface area contributed by atoms with Gasteiger partial charge in [-0.05, 0) is 0 Å². The third kappa shape index (κ3) is 15.8. The van der Waals surface area contributed by atoms with Gasteiger partial charge in [0.05, 0.1) is 0 Å². The predicted octanol–water partition coefficient (Wildman–Crippen LogP) is -1.20. The van der Waals surface area contributed by atoms with Crippen LogP contribution in [0.15, 0.2) is 12.7 Å². The Morgan fingerprint density at radius 1 is 1.62 bits per heavy atom. The Balaban J connectivity index is -0.000000125. The van der Waals surface area contributed by atoms with Crippen molar-refractivity contribution in [2.24, 2.45) is 0 Å². The Morgan fingerprint density at radius 2 is 2.12 bits per heavy atom. The summed E-state index contributed by atoms with van der Waals surface area (Å²) in [6.45, 7) is 5.64. The minimum Gasteiger partial charge on any atom is -1.00 e. The molecule has 0 nitrogen and oxygen atoms in total. The van der Waals surface area contributed by atoms with Gasteiger partial charge in [0, 0.05) is 0 Å². The second-order valence-corrected chi connectivity index (χ2v) is 1.27. The predicted molar refractivity (Wildman–Crippen MR) is 35.2 cm³/mol. The molecule has 0 heterocycles. The maximum atomic E-state index is 3.58. The summed E-state index contributed by atoms with van der Waals surface area (Å²) in [6.07, 6.45) is 6.36. The summed E-state index contributed by atoms with van der Waals surface area (Å²) in [5.41, 5.74) is 0. The van der Waals surface area contributed by atoms with Crippen LogP contribution in [0.4, 0.5) is 0 Å². The fourth-order valence-electron chi connectivity index (χ4n) is 0.285. The van der Waals surface area contributed by atoms with Crippen LogP contribution in [0.1, 0.15) is 19.8 Å². The SMILES string of the molecule is C=CCC[CH-]C.[Br-].[Mg+2]. The van der Waals surface area contributed by atoms with E-state index in [1.54, 1.807) is 0 Å². The average molecular weight is 187 g/mol. The van der Waals surface area contributed by atoms with Crippen molar-refractivity contribution >= 4 is 23.1 Å². The molecular weight excluding hydrogens is 176 g/mol. The standard InChI is InChI=1S/C6H11.BrH.Mg/c1-3-5-6-4-2;;/h3-4H,1,5-6H2,2H3;1H;/q-1;;+2/p-1. The fourth-order valence-corrected chi connectivity index (χ4v) is 0.285. The van der Waals surface area contributed by atoms with E-state index in [2.05, 4.69) is 19.9 Å². The van der Waals surface area contributed by atoms with Crippen LogP contribution in [-0.4, -0.2) is 23.1 Å². The Kier molecular flexibility index (Phi) is 31.3. The van der Waals surface area contributed by atoms with E-state index in [0.717, 1.165) is 6.42 Å². The minimum atomic E-state index is 0. The van der Waals surface area contributed by atoms with Gasteiger partial charge in [-0.15, -0.1) is 6.58 Å². The van der Waals surface area contributed by atoms with Gasteiger partial charge in [0.1, 0.15) is 0 Å². The van der Waals surface area contributed by atoms with Crippen LogP contribution in [0.3, 0.4) is 0 Å². The summed E-state index contributed by atoms with van der Waals surface area (Å²) in [5.74, 6) is 0. The molecule has 0 aliphatic carbocycles. The third-order valence-electron chi connectivity index (χ3n) is 0.659. The van der Waals surface area contributed by atoms with E-state index in [9.17, 15) is 0 Å². The molecule has 0 radical (unpaired) electrons. The van der Waals surface area contributed by atoms with Gasteiger partial charge in [-0.1, -0.05) is 12.5 Å². The second kappa shape index (κ2) is 15.7. The van der Waals surface area contributed by atoms with Gasteiger partial charge in [0.15, 0.2) is 0 Å². The zero-order valence-corrected chi connectivity index (χ0v) is 8.36. The van der Waals surface area contributed by atoms with E-state index in [1.807, 2.05) is 6.08 Å². The van der Waals surface area contributed by atoms with Crippen molar-refractivity contribution in [1.82, 2.24) is 0 Å². The van der Waals surface area contributed by atoms with Crippen molar-refractivity contribution in [3.63, 3.8) is 0 Å². The number of hydrogen-bond donors (Lipinski definition) is 0. The molecule has 0 unspecified atom stereocenters. The molecule has 44 valence electrons. The monoisotopic (exact) mass is 186 g/mol. The molecule has 0 saturated heterocycles. The molecule has 0 bridgehead atoms. The van der Waals surface area contributed by atoms with Gasteiger partial charge in [0.25, 0.3) is 0 Å². The molecule has 2 heteroatoms. The molecule has 0 aliphatic rings. The third-order valence-corrected chi connectivity index (χ3v) is 0.659. The van der Waals surface area contributed by atoms with Crippen LogP contribution in [0, 0.1) is 6.42 Å². The first-order valence-electron chi connectivity index (χ1n) is 2.30. The number of unbranched alkanes of at least 4 members (excludes halogenated alkanes) is 2. The maximum absolute atomic E-state index is 3.58. The number of rotatable bonds is 3. The van der Waals surface area contributed by atoms with E-state index in [-0.39, 0.29) is 40.0 Å². The summed E-state index contributed by atoms with van der Waals surface area (Å²) >= 11 is 0. The van der Waals surface area contributed by atoms with Crippen LogP contribution < -0.4 is 17.0 Å². The first-order chi connectivity index (χ1) is 2.91. The Labute approximate surface area is 78.7 Å². The molecule has 0 aromatic heterocycles. The summed E-state index contributed by atoms with van der Waals surface area (Å²) in [7, 11) is 0. The summed E-state index contributed by atoms with van der Waals surface area (Å²) in [6, 6.07) is 0. The van der Waals surface area contributed by atoms with Crippen LogP contribution >= 0.6 is 0 Å². The van der Waals surface area contributed by atoms with Gasteiger partial charge in [-0.2, -0.15) is 13.3 Å². The first-order valence-corrected chi connectivity index (χ1v) is 2.30. The van der Waals surface area contributed by atoms with Crippen LogP contribution in [0.2, 0.25) is 0 Å². The van der Waals surface area contributed by atoms with E-state index in [0.29, 0.717) is 0 Å². The first kappa shape index (κ1) is 16.0. The van der Waals surface area contributed by atoms with Gasteiger partial charge in [-0.3, -0.25) is 0 Å². The topological polar surface area (TPSA) is 0 Å². The minimum absolute atomic E-state index is 0. The van der Waals surface area contributed by atoms with Crippen molar-refractivity contribution in [2.75, 3.05) is 0 Å². The average Bonchev–Trinajstić information content (AvgIpc) is 1.61. The molecule has 0 N–H and O–H groups in total. The van der Waals surface area contributed by atoms with Gasteiger partial charge >= 0.3 is 23.1 Å². The zero-order valence-electron chi connectivity index (χ0n) is 5.36. The van der Waals surface area contributed by atoms with Crippen LogP contribution in [0.5, 0.6) is 0 Å². The van der Waals surface area contributed by atoms with E-state index >= 15 is 0 Å². The van der Waals surface area contributed by atoms with Crippen LogP contribution in [-0.2, 0) is 0 Å². The molecule has 0 spiro atoms. The number of allylic oxidation sites excluding steroid dienone is 1. The summed E-state index contributed by atoms with van der Waals surface area (Å²) < 4.78 is 0. The number of halogens is 1. The smallest absolute Gasteiger partial charge is 1.00 e. The van der Waals surface area contributed by atoms with E-state index in [4.69, 9.17) is 0 Å². The molecular formula is C6H11BrMg. The van der Waals surface area contributed by atoms with Gasteiger partial charge < -0.3 is 23.4 Å².